The van der Waals surface area contributed by atoms with Crippen LogP contribution in [0.15, 0.2) is 24.3 Å². The van der Waals surface area contributed by atoms with Gasteiger partial charge in [0.1, 0.15) is 0 Å². The first-order valence-corrected chi connectivity index (χ1v) is 4.87. The van der Waals surface area contributed by atoms with E-state index in [1.165, 1.54) is 5.56 Å². The van der Waals surface area contributed by atoms with Crippen molar-refractivity contribution in [3.63, 3.8) is 0 Å². The summed E-state index contributed by atoms with van der Waals surface area (Å²) in [7, 11) is 0. The molecule has 14 heavy (non-hydrogen) atoms. The van der Waals surface area contributed by atoms with Gasteiger partial charge in [-0.05, 0) is 30.0 Å². The molecule has 0 aliphatic heterocycles. The van der Waals surface area contributed by atoms with Crippen molar-refractivity contribution in [3.8, 4) is 0 Å². The van der Waals surface area contributed by atoms with E-state index >= 15 is 0 Å². The second kappa shape index (κ2) is 4.98. The normalized spacial score (nSPS) is 15.1. The number of nitrogens with two attached hydrogens (primary N) is 2. The van der Waals surface area contributed by atoms with Crippen LogP contribution in [0.4, 0.5) is 5.69 Å². The van der Waals surface area contributed by atoms with Crippen molar-refractivity contribution in [1.29, 1.82) is 0 Å². The molecule has 2 atom stereocenters. The largest absolute Gasteiger partial charge is 0.399 e. The van der Waals surface area contributed by atoms with Crippen LogP contribution in [0.2, 0.25) is 0 Å². The zero-order valence-corrected chi connectivity index (χ0v) is 8.48. The van der Waals surface area contributed by atoms with Crippen molar-refractivity contribution in [2.75, 3.05) is 12.3 Å². The summed E-state index contributed by atoms with van der Waals surface area (Å²) in [6.45, 7) is 2.39. The average Bonchev–Trinajstić information content (AvgIpc) is 2.18. The molecule has 3 heteroatoms. The van der Waals surface area contributed by atoms with Gasteiger partial charge < -0.3 is 16.6 Å². The molecule has 1 rings (SSSR count). The van der Waals surface area contributed by atoms with E-state index in [9.17, 15) is 5.11 Å². The third-order valence-corrected chi connectivity index (χ3v) is 2.40. The zero-order valence-electron chi connectivity index (χ0n) is 8.48. The topological polar surface area (TPSA) is 72.3 Å². The fourth-order valence-electron chi connectivity index (χ4n) is 1.46. The van der Waals surface area contributed by atoms with Gasteiger partial charge in [0.2, 0.25) is 0 Å². The van der Waals surface area contributed by atoms with E-state index in [4.69, 9.17) is 11.5 Å². The third-order valence-electron chi connectivity index (χ3n) is 2.40. The summed E-state index contributed by atoms with van der Waals surface area (Å²) in [5.41, 5.74) is 12.9. The summed E-state index contributed by atoms with van der Waals surface area (Å²) in [4.78, 5) is 0. The fraction of sp³-hybridized carbons (Fsp3) is 0.455. The van der Waals surface area contributed by atoms with E-state index < -0.39 is 6.10 Å². The lowest BCUT2D eigenvalue weighted by Gasteiger charge is -2.15. The zero-order chi connectivity index (χ0) is 10.6. The van der Waals surface area contributed by atoms with Crippen molar-refractivity contribution in [2.45, 2.75) is 25.4 Å². The number of aliphatic hydroxyl groups is 1. The van der Waals surface area contributed by atoms with Gasteiger partial charge in [0.25, 0.3) is 0 Å². The molecule has 0 spiro atoms. The minimum Gasteiger partial charge on any atom is -0.399 e. The Bertz CT molecular complexity index is 271. The molecular weight excluding hydrogens is 176 g/mol. The summed E-state index contributed by atoms with van der Waals surface area (Å²) in [5.74, 6) is 0.314. The molecule has 3 nitrogen and oxygen atoms in total. The molecule has 0 saturated heterocycles. The maximum Gasteiger partial charge on any atom is 0.0668 e. The molecule has 78 valence electrons. The van der Waals surface area contributed by atoms with E-state index in [-0.39, 0.29) is 0 Å². The Morgan fingerprint density at radius 3 is 2.36 bits per heavy atom. The minimum atomic E-state index is -0.414. The van der Waals surface area contributed by atoms with Crippen LogP contribution in [-0.4, -0.2) is 17.8 Å². The summed E-state index contributed by atoms with van der Waals surface area (Å²) in [5, 5.41) is 9.39. The molecule has 0 radical (unpaired) electrons. The molecule has 0 aliphatic rings. The molecule has 0 amide bonds. The Balaban J connectivity index is 2.60. The van der Waals surface area contributed by atoms with Gasteiger partial charge in [-0.25, -0.2) is 0 Å². The number of benzene rings is 1. The van der Waals surface area contributed by atoms with Gasteiger partial charge in [-0.3, -0.25) is 0 Å². The quantitative estimate of drug-likeness (QED) is 0.628. The first-order chi connectivity index (χ1) is 6.63. The van der Waals surface area contributed by atoms with Crippen molar-refractivity contribution >= 4 is 5.69 Å². The molecule has 2 unspecified atom stereocenters. The summed E-state index contributed by atoms with van der Waals surface area (Å²) in [6, 6.07) is 7.73. The molecular formula is C11H18N2O. The van der Waals surface area contributed by atoms with Gasteiger partial charge in [-0.2, -0.15) is 0 Å². The Hall–Kier alpha value is -1.06. The van der Waals surface area contributed by atoms with Gasteiger partial charge >= 0.3 is 0 Å². The van der Waals surface area contributed by atoms with E-state index in [0.29, 0.717) is 18.9 Å². The number of hydrogen-bond donors (Lipinski definition) is 3. The Labute approximate surface area is 84.7 Å². The molecule has 5 N–H and O–H groups in total. The van der Waals surface area contributed by atoms with Gasteiger partial charge in [0.15, 0.2) is 0 Å². The van der Waals surface area contributed by atoms with E-state index in [0.717, 1.165) is 5.69 Å². The van der Waals surface area contributed by atoms with E-state index in [1.54, 1.807) is 0 Å². The molecule has 0 saturated carbocycles. The highest BCUT2D eigenvalue weighted by atomic mass is 16.3. The van der Waals surface area contributed by atoms with Crippen LogP contribution in [0.5, 0.6) is 0 Å². The number of rotatable bonds is 4. The lowest BCUT2D eigenvalue weighted by Crippen LogP contribution is -2.21. The maximum absolute atomic E-state index is 9.39. The smallest absolute Gasteiger partial charge is 0.0668 e. The van der Waals surface area contributed by atoms with Crippen LogP contribution >= 0.6 is 0 Å². The van der Waals surface area contributed by atoms with Gasteiger partial charge in [0.05, 0.1) is 6.10 Å². The lowest BCUT2D eigenvalue weighted by molar-refractivity contribution is 0.165. The third kappa shape index (κ3) is 3.01. The maximum atomic E-state index is 9.39. The molecule has 0 aromatic heterocycles. The molecule has 1 aromatic carbocycles. The number of aliphatic hydroxyl groups excluding tert-OH is 1. The standard InChI is InChI=1S/C11H18N2O/c1-8(6-11(14)7-12)9-2-4-10(13)5-3-9/h2-5,8,11,14H,6-7,12-13H2,1H3. The molecule has 0 aliphatic carbocycles. The van der Waals surface area contributed by atoms with Crippen LogP contribution in [0.1, 0.15) is 24.8 Å². The molecule has 0 fully saturated rings. The van der Waals surface area contributed by atoms with Crippen LogP contribution in [0.3, 0.4) is 0 Å². The molecule has 0 bridgehead atoms. The van der Waals surface area contributed by atoms with E-state index in [1.807, 2.05) is 24.3 Å². The Morgan fingerprint density at radius 1 is 1.29 bits per heavy atom. The first kappa shape index (κ1) is 11.0. The van der Waals surface area contributed by atoms with Gasteiger partial charge in [-0.1, -0.05) is 19.1 Å². The highest BCUT2D eigenvalue weighted by molar-refractivity contribution is 5.40. The number of hydrogen-bond acceptors (Lipinski definition) is 3. The monoisotopic (exact) mass is 194 g/mol. The predicted molar refractivity (Wildman–Crippen MR) is 58.9 cm³/mol. The predicted octanol–water partition coefficient (Wildman–Crippen LogP) is 1.08. The summed E-state index contributed by atoms with van der Waals surface area (Å²) in [6.07, 6.45) is 0.281. The second-order valence-corrected chi connectivity index (χ2v) is 3.69. The molecule has 0 heterocycles. The number of anilines is 1. The van der Waals surface area contributed by atoms with Crippen LogP contribution in [-0.2, 0) is 0 Å². The van der Waals surface area contributed by atoms with Crippen LogP contribution < -0.4 is 11.5 Å². The lowest BCUT2D eigenvalue weighted by atomic mass is 9.95. The van der Waals surface area contributed by atoms with Gasteiger partial charge in [-0.15, -0.1) is 0 Å². The van der Waals surface area contributed by atoms with Crippen molar-refractivity contribution in [1.82, 2.24) is 0 Å². The Kier molecular flexibility index (Phi) is 3.92. The molecule has 1 aromatic rings. The summed E-state index contributed by atoms with van der Waals surface area (Å²) >= 11 is 0. The van der Waals surface area contributed by atoms with E-state index in [2.05, 4.69) is 6.92 Å². The van der Waals surface area contributed by atoms with Gasteiger partial charge in [0, 0.05) is 12.2 Å². The van der Waals surface area contributed by atoms with Crippen LogP contribution in [0.25, 0.3) is 0 Å². The first-order valence-electron chi connectivity index (χ1n) is 4.87. The van der Waals surface area contributed by atoms with Crippen molar-refractivity contribution in [3.05, 3.63) is 29.8 Å². The minimum absolute atomic E-state index is 0.314. The number of nitrogen functional groups attached to an aromatic ring is 1. The SMILES string of the molecule is CC(CC(O)CN)c1ccc(N)cc1. The van der Waals surface area contributed by atoms with Crippen molar-refractivity contribution < 1.29 is 5.11 Å². The van der Waals surface area contributed by atoms with Crippen LogP contribution in [0, 0.1) is 0 Å². The highest BCUT2D eigenvalue weighted by Crippen LogP contribution is 2.21. The summed E-state index contributed by atoms with van der Waals surface area (Å²) < 4.78 is 0. The Morgan fingerprint density at radius 2 is 1.86 bits per heavy atom. The van der Waals surface area contributed by atoms with Crippen molar-refractivity contribution in [2.24, 2.45) is 5.73 Å². The average molecular weight is 194 g/mol. The fourth-order valence-corrected chi connectivity index (χ4v) is 1.46. The second-order valence-electron chi connectivity index (χ2n) is 3.69. The highest BCUT2D eigenvalue weighted by Gasteiger charge is 2.10.